The van der Waals surface area contributed by atoms with Crippen LogP contribution in [-0.4, -0.2) is 29.3 Å². The summed E-state index contributed by atoms with van der Waals surface area (Å²) >= 11 is 0. The summed E-state index contributed by atoms with van der Waals surface area (Å²) in [5.41, 5.74) is 2.62. The number of aromatic nitrogens is 2. The van der Waals surface area contributed by atoms with Crippen LogP contribution in [0.15, 0.2) is 0 Å². The van der Waals surface area contributed by atoms with E-state index in [1.54, 1.807) is 0 Å². The Morgan fingerprint density at radius 1 is 1.47 bits per heavy atom. The summed E-state index contributed by atoms with van der Waals surface area (Å²) in [6, 6.07) is 0. The summed E-state index contributed by atoms with van der Waals surface area (Å²) in [6.45, 7) is 11.0. The monoisotopic (exact) mass is 237 g/mol. The van der Waals surface area contributed by atoms with E-state index in [9.17, 15) is 0 Å². The van der Waals surface area contributed by atoms with Crippen molar-refractivity contribution < 1.29 is 4.74 Å². The highest BCUT2D eigenvalue weighted by Crippen LogP contribution is 2.15. The van der Waals surface area contributed by atoms with Crippen LogP contribution in [0.5, 0.6) is 0 Å². The average Bonchev–Trinajstić information content (AvgIpc) is 2.60. The van der Waals surface area contributed by atoms with Crippen molar-refractivity contribution in [3.8, 4) is 0 Å². The molecule has 4 nitrogen and oxygen atoms in total. The number of hydrogen-bond donors (Lipinski definition) is 1. The van der Waals surface area contributed by atoms with Gasteiger partial charge in [-0.2, -0.15) is 0 Å². The van der Waals surface area contributed by atoms with E-state index in [4.69, 9.17) is 4.74 Å². The molecule has 0 saturated carbocycles. The van der Waals surface area contributed by atoms with Crippen molar-refractivity contribution >= 4 is 0 Å². The first-order valence-corrected chi connectivity index (χ1v) is 6.52. The third-order valence-corrected chi connectivity index (χ3v) is 3.09. The highest BCUT2D eigenvalue weighted by molar-refractivity contribution is 5.19. The first-order chi connectivity index (χ1) is 8.18. The van der Waals surface area contributed by atoms with Gasteiger partial charge in [0.15, 0.2) is 0 Å². The largest absolute Gasteiger partial charge is 0.379 e. The second-order valence-electron chi connectivity index (χ2n) is 5.10. The Morgan fingerprint density at radius 2 is 2.29 bits per heavy atom. The average molecular weight is 237 g/mol. The first-order valence-electron chi connectivity index (χ1n) is 6.52. The van der Waals surface area contributed by atoms with Crippen LogP contribution in [-0.2, 0) is 24.2 Å². The zero-order valence-electron chi connectivity index (χ0n) is 11.1. The van der Waals surface area contributed by atoms with Crippen molar-refractivity contribution in [3.05, 3.63) is 17.2 Å². The lowest BCUT2D eigenvalue weighted by molar-refractivity contribution is 0.102. The summed E-state index contributed by atoms with van der Waals surface area (Å²) in [4.78, 5) is 4.61. The number of rotatable bonds is 5. The van der Waals surface area contributed by atoms with E-state index in [-0.39, 0.29) is 0 Å². The van der Waals surface area contributed by atoms with E-state index in [0.29, 0.717) is 5.92 Å². The molecule has 0 aliphatic carbocycles. The predicted molar refractivity (Wildman–Crippen MR) is 68.0 cm³/mol. The first kappa shape index (κ1) is 12.6. The lowest BCUT2D eigenvalue weighted by atomic mass is 10.2. The molecule has 1 aliphatic heterocycles. The Balaban J connectivity index is 1.93. The van der Waals surface area contributed by atoms with Crippen LogP contribution in [0.4, 0.5) is 0 Å². The standard InChI is InChI=1S/C13H23N3O/c1-10(2)9-17-7-6-16-11(3)15-12-8-14-5-4-13(12)16/h10,14H,4-9H2,1-3H3. The third-order valence-electron chi connectivity index (χ3n) is 3.09. The van der Waals surface area contributed by atoms with Gasteiger partial charge in [-0.3, -0.25) is 0 Å². The summed E-state index contributed by atoms with van der Waals surface area (Å²) in [6.07, 6.45) is 1.08. The Bertz CT molecular complexity index is 371. The third kappa shape index (κ3) is 3.07. The molecule has 1 aliphatic rings. The number of hydrogen-bond acceptors (Lipinski definition) is 3. The van der Waals surface area contributed by atoms with Gasteiger partial charge >= 0.3 is 0 Å². The summed E-state index contributed by atoms with van der Waals surface area (Å²) in [5, 5.41) is 3.36. The van der Waals surface area contributed by atoms with Gasteiger partial charge in [-0.1, -0.05) is 13.8 Å². The molecule has 4 heteroatoms. The molecule has 0 bridgehead atoms. The SMILES string of the molecule is Cc1nc2c(n1CCOCC(C)C)CCNC2. The van der Waals surface area contributed by atoms with E-state index in [0.717, 1.165) is 45.1 Å². The molecular weight excluding hydrogens is 214 g/mol. The molecule has 0 spiro atoms. The molecule has 2 heterocycles. The minimum atomic E-state index is 0.608. The van der Waals surface area contributed by atoms with E-state index in [2.05, 4.69) is 35.6 Å². The molecule has 1 aromatic rings. The van der Waals surface area contributed by atoms with Gasteiger partial charge in [0.1, 0.15) is 5.82 Å². The molecule has 1 aromatic heterocycles. The van der Waals surface area contributed by atoms with Crippen molar-refractivity contribution in [1.29, 1.82) is 0 Å². The number of imidazole rings is 1. The molecule has 0 fully saturated rings. The van der Waals surface area contributed by atoms with Crippen molar-refractivity contribution in [1.82, 2.24) is 14.9 Å². The van der Waals surface area contributed by atoms with Crippen molar-refractivity contribution in [3.63, 3.8) is 0 Å². The zero-order valence-corrected chi connectivity index (χ0v) is 11.1. The van der Waals surface area contributed by atoms with Gasteiger partial charge < -0.3 is 14.6 Å². The van der Waals surface area contributed by atoms with Crippen LogP contribution in [0.3, 0.4) is 0 Å². The van der Waals surface area contributed by atoms with Gasteiger partial charge in [0.2, 0.25) is 0 Å². The van der Waals surface area contributed by atoms with E-state index in [1.807, 2.05) is 0 Å². The highest BCUT2D eigenvalue weighted by atomic mass is 16.5. The van der Waals surface area contributed by atoms with Gasteiger partial charge in [0, 0.05) is 38.4 Å². The predicted octanol–water partition coefficient (Wildman–Crippen LogP) is 1.51. The number of aryl methyl sites for hydroxylation is 1. The minimum absolute atomic E-state index is 0.608. The van der Waals surface area contributed by atoms with Crippen LogP contribution in [0.1, 0.15) is 31.1 Å². The maximum atomic E-state index is 5.65. The second-order valence-corrected chi connectivity index (χ2v) is 5.10. The lowest BCUT2D eigenvalue weighted by Gasteiger charge is -2.16. The zero-order chi connectivity index (χ0) is 12.3. The normalized spacial score (nSPS) is 15.3. The molecule has 2 rings (SSSR count). The van der Waals surface area contributed by atoms with Gasteiger partial charge in [0.05, 0.1) is 12.3 Å². The molecule has 0 aromatic carbocycles. The number of fused-ring (bicyclic) bond motifs is 1. The van der Waals surface area contributed by atoms with Crippen molar-refractivity contribution in [2.75, 3.05) is 19.8 Å². The lowest BCUT2D eigenvalue weighted by Crippen LogP contribution is -2.25. The van der Waals surface area contributed by atoms with Crippen LogP contribution in [0.2, 0.25) is 0 Å². The Labute approximate surface area is 103 Å². The quantitative estimate of drug-likeness (QED) is 0.789. The highest BCUT2D eigenvalue weighted by Gasteiger charge is 2.17. The summed E-state index contributed by atoms with van der Waals surface area (Å²) in [5.74, 6) is 1.73. The fraction of sp³-hybridized carbons (Fsp3) is 0.769. The topological polar surface area (TPSA) is 39.1 Å². The van der Waals surface area contributed by atoms with Crippen molar-refractivity contribution in [2.45, 2.75) is 40.3 Å². The molecule has 17 heavy (non-hydrogen) atoms. The summed E-state index contributed by atoms with van der Waals surface area (Å²) < 4.78 is 7.97. The fourth-order valence-corrected chi connectivity index (χ4v) is 2.28. The van der Waals surface area contributed by atoms with Gasteiger partial charge in [-0.25, -0.2) is 4.98 Å². The Kier molecular flexibility index (Phi) is 4.18. The smallest absolute Gasteiger partial charge is 0.106 e. The van der Waals surface area contributed by atoms with Crippen LogP contribution >= 0.6 is 0 Å². The second kappa shape index (κ2) is 5.65. The summed E-state index contributed by atoms with van der Waals surface area (Å²) in [7, 11) is 0. The fourth-order valence-electron chi connectivity index (χ4n) is 2.28. The molecular formula is C13H23N3O. The van der Waals surface area contributed by atoms with Crippen LogP contribution in [0, 0.1) is 12.8 Å². The van der Waals surface area contributed by atoms with Gasteiger partial charge in [-0.05, 0) is 12.8 Å². The molecule has 1 N–H and O–H groups in total. The molecule has 0 atom stereocenters. The maximum absolute atomic E-state index is 5.65. The molecule has 96 valence electrons. The maximum Gasteiger partial charge on any atom is 0.106 e. The molecule has 0 unspecified atom stereocenters. The van der Waals surface area contributed by atoms with Crippen LogP contribution < -0.4 is 5.32 Å². The molecule has 0 amide bonds. The van der Waals surface area contributed by atoms with Crippen LogP contribution in [0.25, 0.3) is 0 Å². The number of nitrogens with one attached hydrogen (secondary N) is 1. The van der Waals surface area contributed by atoms with Gasteiger partial charge in [0.25, 0.3) is 0 Å². The number of ether oxygens (including phenoxy) is 1. The molecule has 0 saturated heterocycles. The van der Waals surface area contributed by atoms with E-state index in [1.165, 1.54) is 11.4 Å². The Hall–Kier alpha value is -0.870. The van der Waals surface area contributed by atoms with Gasteiger partial charge in [-0.15, -0.1) is 0 Å². The van der Waals surface area contributed by atoms with E-state index < -0.39 is 0 Å². The van der Waals surface area contributed by atoms with E-state index >= 15 is 0 Å². The number of nitrogens with zero attached hydrogens (tertiary/aromatic N) is 2. The Morgan fingerprint density at radius 3 is 3.06 bits per heavy atom. The van der Waals surface area contributed by atoms with Crippen molar-refractivity contribution in [2.24, 2.45) is 5.92 Å². The molecule has 0 radical (unpaired) electrons. The minimum Gasteiger partial charge on any atom is -0.379 e.